The molecule has 0 heterocycles. The minimum atomic E-state index is 1.05. The van der Waals surface area contributed by atoms with E-state index in [4.69, 9.17) is 0 Å². The molecule has 0 saturated heterocycles. The molecule has 1 saturated carbocycles. The summed E-state index contributed by atoms with van der Waals surface area (Å²) in [4.78, 5) is 0. The molecule has 0 nitrogen and oxygen atoms in total. The fraction of sp³-hybridized carbons (Fsp3) is 0.833. The molecule has 2 aliphatic rings. The zero-order valence-electron chi connectivity index (χ0n) is 8.18. The van der Waals surface area contributed by atoms with E-state index in [9.17, 15) is 0 Å². The van der Waals surface area contributed by atoms with Crippen molar-refractivity contribution in [1.82, 2.24) is 0 Å². The maximum atomic E-state index is 2.50. The van der Waals surface area contributed by atoms with Gasteiger partial charge >= 0.3 is 0 Å². The van der Waals surface area contributed by atoms with Gasteiger partial charge in [-0.2, -0.15) is 0 Å². The summed E-state index contributed by atoms with van der Waals surface area (Å²) in [5.74, 6) is 2.13. The van der Waals surface area contributed by atoms with Crippen molar-refractivity contribution in [3.05, 3.63) is 11.6 Å². The topological polar surface area (TPSA) is 0 Å². The van der Waals surface area contributed by atoms with Crippen LogP contribution in [0.15, 0.2) is 11.6 Å². The van der Waals surface area contributed by atoms with Crippen LogP contribution in [0, 0.1) is 11.8 Å². The third-order valence-corrected chi connectivity index (χ3v) is 3.75. The molecule has 2 atom stereocenters. The highest BCUT2D eigenvalue weighted by Gasteiger charge is 2.25. The van der Waals surface area contributed by atoms with E-state index in [0.29, 0.717) is 0 Å². The summed E-state index contributed by atoms with van der Waals surface area (Å²) in [7, 11) is 0. The molecule has 2 rings (SSSR count). The second-order valence-corrected chi connectivity index (χ2v) is 4.63. The molecule has 12 heavy (non-hydrogen) atoms. The lowest BCUT2D eigenvalue weighted by Gasteiger charge is -2.29. The first kappa shape index (κ1) is 8.34. The van der Waals surface area contributed by atoms with E-state index >= 15 is 0 Å². The van der Waals surface area contributed by atoms with E-state index in [-0.39, 0.29) is 0 Å². The van der Waals surface area contributed by atoms with Crippen molar-refractivity contribution < 1.29 is 0 Å². The maximum absolute atomic E-state index is 2.50. The average molecular weight is 164 g/mol. The van der Waals surface area contributed by atoms with Gasteiger partial charge in [-0.25, -0.2) is 0 Å². The maximum Gasteiger partial charge on any atom is -0.0317 e. The molecular formula is C12H20. The van der Waals surface area contributed by atoms with Crippen molar-refractivity contribution in [1.29, 1.82) is 0 Å². The zero-order valence-corrected chi connectivity index (χ0v) is 8.18. The van der Waals surface area contributed by atoms with Crippen LogP contribution in [-0.4, -0.2) is 0 Å². The van der Waals surface area contributed by atoms with Gasteiger partial charge < -0.3 is 0 Å². The molecule has 0 bridgehead atoms. The highest BCUT2D eigenvalue weighted by molar-refractivity contribution is 5.02. The van der Waals surface area contributed by atoms with Crippen molar-refractivity contribution >= 4 is 0 Å². The van der Waals surface area contributed by atoms with Gasteiger partial charge in [0.2, 0.25) is 0 Å². The van der Waals surface area contributed by atoms with E-state index in [0.717, 1.165) is 11.8 Å². The fourth-order valence-corrected chi connectivity index (χ4v) is 2.84. The number of rotatable bonds is 0. The van der Waals surface area contributed by atoms with Crippen LogP contribution in [0.5, 0.6) is 0 Å². The number of hydrogen-bond donors (Lipinski definition) is 0. The highest BCUT2D eigenvalue weighted by atomic mass is 14.3. The lowest BCUT2D eigenvalue weighted by atomic mass is 9.76. The smallest absolute Gasteiger partial charge is 0.0317 e. The van der Waals surface area contributed by atoms with Gasteiger partial charge in [0, 0.05) is 0 Å². The van der Waals surface area contributed by atoms with E-state index in [1.165, 1.54) is 44.9 Å². The fourth-order valence-electron chi connectivity index (χ4n) is 2.84. The van der Waals surface area contributed by atoms with Crippen molar-refractivity contribution in [2.24, 2.45) is 11.8 Å². The quantitative estimate of drug-likeness (QED) is 0.476. The zero-order chi connectivity index (χ0) is 8.39. The SMILES string of the molecule is CC1=CCC2CCCCC2CC1. The van der Waals surface area contributed by atoms with Crippen molar-refractivity contribution in [2.75, 3.05) is 0 Å². The van der Waals surface area contributed by atoms with Gasteiger partial charge in [-0.15, -0.1) is 0 Å². The second kappa shape index (κ2) is 3.64. The minimum Gasteiger partial charge on any atom is -0.0853 e. The Kier molecular flexibility index (Phi) is 2.53. The first-order chi connectivity index (χ1) is 5.86. The molecule has 0 aromatic rings. The van der Waals surface area contributed by atoms with Gasteiger partial charge in [-0.1, -0.05) is 30.9 Å². The molecule has 0 aromatic carbocycles. The molecule has 0 N–H and O–H groups in total. The Hall–Kier alpha value is -0.260. The summed E-state index contributed by atoms with van der Waals surface area (Å²) >= 11 is 0. The molecule has 0 radical (unpaired) electrons. The van der Waals surface area contributed by atoms with Crippen LogP contribution in [0.3, 0.4) is 0 Å². The summed E-state index contributed by atoms with van der Waals surface area (Å²) in [6.45, 7) is 2.30. The van der Waals surface area contributed by atoms with Crippen LogP contribution in [0.4, 0.5) is 0 Å². The van der Waals surface area contributed by atoms with Crippen LogP contribution in [0.25, 0.3) is 0 Å². The van der Waals surface area contributed by atoms with Crippen molar-refractivity contribution in [2.45, 2.75) is 51.9 Å². The Morgan fingerprint density at radius 1 is 1.08 bits per heavy atom. The Bertz CT molecular complexity index is 178. The van der Waals surface area contributed by atoms with E-state index < -0.39 is 0 Å². The molecule has 0 heteroatoms. The first-order valence-electron chi connectivity index (χ1n) is 5.52. The standard InChI is InChI=1S/C12H20/c1-10-6-8-11-4-2-3-5-12(11)9-7-10/h6,11-12H,2-5,7-9H2,1H3. The summed E-state index contributed by atoms with van der Waals surface area (Å²) in [5.41, 5.74) is 1.64. The van der Waals surface area contributed by atoms with Crippen LogP contribution in [0.1, 0.15) is 51.9 Å². The van der Waals surface area contributed by atoms with Crippen LogP contribution < -0.4 is 0 Å². The van der Waals surface area contributed by atoms with E-state index in [1.54, 1.807) is 5.57 Å². The van der Waals surface area contributed by atoms with Crippen molar-refractivity contribution in [3.8, 4) is 0 Å². The monoisotopic (exact) mass is 164 g/mol. The van der Waals surface area contributed by atoms with E-state index in [1.807, 2.05) is 0 Å². The van der Waals surface area contributed by atoms with Crippen LogP contribution in [0.2, 0.25) is 0 Å². The van der Waals surface area contributed by atoms with Gasteiger partial charge in [-0.05, 0) is 44.4 Å². The summed E-state index contributed by atoms with van der Waals surface area (Å²) in [6, 6.07) is 0. The molecular weight excluding hydrogens is 144 g/mol. The molecule has 1 fully saturated rings. The predicted molar refractivity (Wildman–Crippen MR) is 53.1 cm³/mol. The Morgan fingerprint density at radius 2 is 1.83 bits per heavy atom. The summed E-state index contributed by atoms with van der Waals surface area (Å²) < 4.78 is 0. The van der Waals surface area contributed by atoms with E-state index in [2.05, 4.69) is 13.0 Å². The molecule has 0 aromatic heterocycles. The lowest BCUT2D eigenvalue weighted by molar-refractivity contribution is 0.231. The predicted octanol–water partition coefficient (Wildman–Crippen LogP) is 3.92. The number of hydrogen-bond acceptors (Lipinski definition) is 0. The highest BCUT2D eigenvalue weighted by Crippen LogP contribution is 2.38. The van der Waals surface area contributed by atoms with Gasteiger partial charge in [0.1, 0.15) is 0 Å². The first-order valence-corrected chi connectivity index (χ1v) is 5.52. The second-order valence-electron chi connectivity index (χ2n) is 4.63. The lowest BCUT2D eigenvalue weighted by Crippen LogP contribution is -2.17. The third kappa shape index (κ3) is 1.73. The molecule has 68 valence electrons. The van der Waals surface area contributed by atoms with Gasteiger partial charge in [0.15, 0.2) is 0 Å². The number of allylic oxidation sites excluding steroid dienone is 2. The Balaban J connectivity index is 2.01. The normalized spacial score (nSPS) is 36.6. The minimum absolute atomic E-state index is 1.05. The summed E-state index contributed by atoms with van der Waals surface area (Å²) in [5, 5.41) is 0. The largest absolute Gasteiger partial charge is 0.0853 e. The molecule has 0 aliphatic heterocycles. The van der Waals surface area contributed by atoms with Crippen LogP contribution in [-0.2, 0) is 0 Å². The van der Waals surface area contributed by atoms with Gasteiger partial charge in [0.25, 0.3) is 0 Å². The Morgan fingerprint density at radius 3 is 2.67 bits per heavy atom. The van der Waals surface area contributed by atoms with Gasteiger partial charge in [0.05, 0.1) is 0 Å². The average Bonchev–Trinajstić information content (AvgIpc) is 2.29. The molecule has 2 unspecified atom stereocenters. The molecule has 0 spiro atoms. The van der Waals surface area contributed by atoms with Gasteiger partial charge in [-0.3, -0.25) is 0 Å². The molecule has 2 aliphatic carbocycles. The van der Waals surface area contributed by atoms with Crippen LogP contribution >= 0.6 is 0 Å². The molecule has 0 amide bonds. The summed E-state index contributed by atoms with van der Waals surface area (Å²) in [6.07, 6.45) is 12.8. The third-order valence-electron chi connectivity index (χ3n) is 3.75. The Labute approximate surface area is 76.1 Å². The number of fused-ring (bicyclic) bond motifs is 1. The van der Waals surface area contributed by atoms with Crippen molar-refractivity contribution in [3.63, 3.8) is 0 Å².